The molecule has 0 amide bonds. The summed E-state index contributed by atoms with van der Waals surface area (Å²) in [6, 6.07) is 11.2. The maximum Gasteiger partial charge on any atom is 0.166 e. The van der Waals surface area contributed by atoms with Gasteiger partial charge in [0, 0.05) is 34.3 Å². The SMILES string of the molecule is C=CCNCc1cccc(OC)c1OCc1c(Cl)cccc1Cl. The lowest BCUT2D eigenvalue weighted by molar-refractivity contribution is 0.281. The minimum absolute atomic E-state index is 0.271. The van der Waals surface area contributed by atoms with E-state index in [1.807, 2.05) is 30.3 Å². The molecule has 1 N–H and O–H groups in total. The van der Waals surface area contributed by atoms with Crippen molar-refractivity contribution >= 4 is 23.2 Å². The molecule has 23 heavy (non-hydrogen) atoms. The van der Waals surface area contributed by atoms with Crippen LogP contribution in [0.5, 0.6) is 11.5 Å². The van der Waals surface area contributed by atoms with Gasteiger partial charge in [0.25, 0.3) is 0 Å². The highest BCUT2D eigenvalue weighted by atomic mass is 35.5. The number of methoxy groups -OCH3 is 1. The van der Waals surface area contributed by atoms with Gasteiger partial charge in [0.2, 0.25) is 0 Å². The topological polar surface area (TPSA) is 30.5 Å². The molecule has 2 aromatic rings. The lowest BCUT2D eigenvalue weighted by Crippen LogP contribution is -2.14. The Labute approximate surface area is 146 Å². The first-order chi connectivity index (χ1) is 11.2. The summed E-state index contributed by atoms with van der Waals surface area (Å²) in [5, 5.41) is 4.42. The quantitative estimate of drug-likeness (QED) is 0.544. The molecule has 0 spiro atoms. The Morgan fingerprint density at radius 2 is 1.83 bits per heavy atom. The fourth-order valence-electron chi connectivity index (χ4n) is 2.15. The predicted molar refractivity (Wildman–Crippen MR) is 95.7 cm³/mol. The number of halogens is 2. The summed E-state index contributed by atoms with van der Waals surface area (Å²) in [4.78, 5) is 0. The predicted octanol–water partition coefficient (Wildman–Crippen LogP) is 4.86. The average molecular weight is 352 g/mol. The standard InChI is InChI=1S/C18H19Cl2NO2/c1-3-10-21-11-13-6-4-9-17(22-2)18(13)23-12-14-15(19)7-5-8-16(14)20/h3-9,21H,1,10-12H2,2H3. The van der Waals surface area contributed by atoms with Crippen LogP contribution in [0, 0.1) is 0 Å². The largest absolute Gasteiger partial charge is 0.493 e. The van der Waals surface area contributed by atoms with E-state index in [1.54, 1.807) is 19.2 Å². The van der Waals surface area contributed by atoms with Crippen LogP contribution < -0.4 is 14.8 Å². The number of nitrogens with one attached hydrogen (secondary N) is 1. The molecule has 0 aliphatic heterocycles. The van der Waals surface area contributed by atoms with Gasteiger partial charge in [-0.3, -0.25) is 0 Å². The van der Waals surface area contributed by atoms with Gasteiger partial charge in [0.1, 0.15) is 6.61 Å². The van der Waals surface area contributed by atoms with Gasteiger partial charge in [0.05, 0.1) is 7.11 Å². The summed E-state index contributed by atoms with van der Waals surface area (Å²) in [6.07, 6.45) is 1.81. The van der Waals surface area contributed by atoms with Crippen molar-refractivity contribution in [3.8, 4) is 11.5 Å². The highest BCUT2D eigenvalue weighted by Gasteiger charge is 2.13. The highest BCUT2D eigenvalue weighted by Crippen LogP contribution is 2.33. The van der Waals surface area contributed by atoms with Crippen molar-refractivity contribution in [1.82, 2.24) is 5.32 Å². The number of para-hydroxylation sites is 1. The minimum Gasteiger partial charge on any atom is -0.493 e. The van der Waals surface area contributed by atoms with E-state index in [-0.39, 0.29) is 6.61 Å². The van der Waals surface area contributed by atoms with Crippen LogP contribution in [0.3, 0.4) is 0 Å². The third kappa shape index (κ3) is 4.64. The minimum atomic E-state index is 0.271. The third-order valence-corrected chi connectivity index (χ3v) is 4.02. The molecule has 122 valence electrons. The summed E-state index contributed by atoms with van der Waals surface area (Å²) >= 11 is 12.4. The number of hydrogen-bond acceptors (Lipinski definition) is 3. The summed E-state index contributed by atoms with van der Waals surface area (Å²) < 4.78 is 11.4. The van der Waals surface area contributed by atoms with Gasteiger partial charge in [-0.2, -0.15) is 0 Å². The first-order valence-electron chi connectivity index (χ1n) is 7.20. The molecule has 0 radical (unpaired) electrons. The molecule has 3 nitrogen and oxygen atoms in total. The van der Waals surface area contributed by atoms with Crippen molar-refractivity contribution in [3.63, 3.8) is 0 Å². The molecular formula is C18H19Cl2NO2. The van der Waals surface area contributed by atoms with Gasteiger partial charge in [-0.05, 0) is 18.2 Å². The van der Waals surface area contributed by atoms with Gasteiger partial charge < -0.3 is 14.8 Å². The van der Waals surface area contributed by atoms with E-state index in [4.69, 9.17) is 32.7 Å². The Kier molecular flexibility index (Phi) is 6.78. The highest BCUT2D eigenvalue weighted by molar-refractivity contribution is 6.35. The van der Waals surface area contributed by atoms with E-state index >= 15 is 0 Å². The van der Waals surface area contributed by atoms with Gasteiger partial charge in [0.15, 0.2) is 11.5 Å². The van der Waals surface area contributed by atoms with Crippen LogP contribution in [-0.4, -0.2) is 13.7 Å². The second-order valence-electron chi connectivity index (χ2n) is 4.86. The molecule has 0 bridgehead atoms. The Bertz CT molecular complexity index is 654. The molecule has 5 heteroatoms. The number of hydrogen-bond donors (Lipinski definition) is 1. The third-order valence-electron chi connectivity index (χ3n) is 3.31. The molecule has 2 rings (SSSR count). The van der Waals surface area contributed by atoms with Gasteiger partial charge in [-0.15, -0.1) is 6.58 Å². The molecule has 0 atom stereocenters. The molecule has 0 saturated heterocycles. The first kappa shape index (κ1) is 17.7. The molecule has 0 aromatic heterocycles. The first-order valence-corrected chi connectivity index (χ1v) is 7.96. The molecule has 0 aliphatic carbocycles. The Hall–Kier alpha value is -1.68. The Morgan fingerprint density at radius 3 is 2.48 bits per heavy atom. The van der Waals surface area contributed by atoms with Crippen LogP contribution in [-0.2, 0) is 13.2 Å². The van der Waals surface area contributed by atoms with E-state index in [0.717, 1.165) is 11.1 Å². The molecule has 0 saturated carbocycles. The molecule has 0 aliphatic rings. The fourth-order valence-corrected chi connectivity index (χ4v) is 2.66. The summed E-state index contributed by atoms with van der Waals surface area (Å²) in [5.74, 6) is 1.36. The van der Waals surface area contributed by atoms with Crippen molar-refractivity contribution in [2.45, 2.75) is 13.2 Å². The van der Waals surface area contributed by atoms with Crippen LogP contribution in [0.15, 0.2) is 49.1 Å². The van der Waals surface area contributed by atoms with E-state index in [0.29, 0.717) is 34.6 Å². The smallest absolute Gasteiger partial charge is 0.166 e. The van der Waals surface area contributed by atoms with Crippen LogP contribution in [0.4, 0.5) is 0 Å². The molecule has 2 aromatic carbocycles. The molecule has 0 unspecified atom stereocenters. The Balaban J connectivity index is 2.21. The lowest BCUT2D eigenvalue weighted by Gasteiger charge is -2.16. The summed E-state index contributed by atoms with van der Waals surface area (Å²) in [7, 11) is 1.62. The van der Waals surface area contributed by atoms with Crippen molar-refractivity contribution in [3.05, 3.63) is 70.2 Å². The summed E-state index contributed by atoms with van der Waals surface area (Å²) in [6.45, 7) is 5.33. The lowest BCUT2D eigenvalue weighted by atomic mass is 10.1. The zero-order valence-electron chi connectivity index (χ0n) is 12.9. The van der Waals surface area contributed by atoms with E-state index in [9.17, 15) is 0 Å². The second kappa shape index (κ2) is 8.82. The second-order valence-corrected chi connectivity index (χ2v) is 5.67. The van der Waals surface area contributed by atoms with Crippen LogP contribution in [0.2, 0.25) is 10.0 Å². The van der Waals surface area contributed by atoms with Gasteiger partial charge >= 0.3 is 0 Å². The number of benzene rings is 2. The summed E-state index contributed by atoms with van der Waals surface area (Å²) in [5.41, 5.74) is 1.75. The normalized spacial score (nSPS) is 10.4. The molecule has 0 heterocycles. The van der Waals surface area contributed by atoms with Crippen LogP contribution >= 0.6 is 23.2 Å². The zero-order chi connectivity index (χ0) is 16.7. The van der Waals surface area contributed by atoms with Gasteiger partial charge in [-0.1, -0.05) is 47.5 Å². The maximum absolute atomic E-state index is 6.19. The fraction of sp³-hybridized carbons (Fsp3) is 0.222. The van der Waals surface area contributed by atoms with Crippen LogP contribution in [0.1, 0.15) is 11.1 Å². The number of rotatable bonds is 8. The Morgan fingerprint density at radius 1 is 1.13 bits per heavy atom. The maximum atomic E-state index is 6.19. The molecular weight excluding hydrogens is 333 g/mol. The van der Waals surface area contributed by atoms with Crippen molar-refractivity contribution < 1.29 is 9.47 Å². The van der Waals surface area contributed by atoms with E-state index < -0.39 is 0 Å². The zero-order valence-corrected chi connectivity index (χ0v) is 14.5. The van der Waals surface area contributed by atoms with Gasteiger partial charge in [-0.25, -0.2) is 0 Å². The average Bonchev–Trinajstić information content (AvgIpc) is 2.55. The van der Waals surface area contributed by atoms with Crippen molar-refractivity contribution in [2.24, 2.45) is 0 Å². The van der Waals surface area contributed by atoms with Crippen molar-refractivity contribution in [2.75, 3.05) is 13.7 Å². The number of ether oxygens (including phenoxy) is 2. The van der Waals surface area contributed by atoms with Crippen molar-refractivity contribution in [1.29, 1.82) is 0 Å². The van der Waals surface area contributed by atoms with E-state index in [1.165, 1.54) is 0 Å². The molecule has 0 fully saturated rings. The van der Waals surface area contributed by atoms with E-state index in [2.05, 4.69) is 11.9 Å². The monoisotopic (exact) mass is 351 g/mol. The van der Waals surface area contributed by atoms with Crippen LogP contribution in [0.25, 0.3) is 0 Å².